The average molecular weight is 418 g/mol. The molecule has 0 N–H and O–H groups in total. The highest BCUT2D eigenvalue weighted by Gasteiger charge is 2.47. The first-order valence-corrected chi connectivity index (χ1v) is 12.0. The molecule has 5 rings (SSSR count). The van der Waals surface area contributed by atoms with E-state index >= 15 is 0 Å². The summed E-state index contributed by atoms with van der Waals surface area (Å²) < 4.78 is 28.3. The summed E-state index contributed by atoms with van der Waals surface area (Å²) in [6.45, 7) is 3.02. The minimum atomic E-state index is -3.63. The van der Waals surface area contributed by atoms with Gasteiger partial charge in [-0.05, 0) is 55.7 Å². The summed E-state index contributed by atoms with van der Waals surface area (Å²) >= 11 is 0. The van der Waals surface area contributed by atoms with E-state index < -0.39 is 10.0 Å². The monoisotopic (exact) mass is 417 g/mol. The normalized spacial score (nSPS) is 27.7. The summed E-state index contributed by atoms with van der Waals surface area (Å²) in [5.74, 6) is 0.388. The van der Waals surface area contributed by atoms with Gasteiger partial charge in [0.1, 0.15) is 0 Å². The molecule has 4 aliphatic rings. The van der Waals surface area contributed by atoms with Crippen LogP contribution in [0.4, 0.5) is 5.69 Å². The van der Waals surface area contributed by atoms with E-state index in [9.17, 15) is 18.0 Å². The Morgan fingerprint density at radius 1 is 1.07 bits per heavy atom. The maximum Gasteiger partial charge on any atom is 0.243 e. The quantitative estimate of drug-likeness (QED) is 0.751. The second-order valence-corrected chi connectivity index (χ2v) is 10.7. The average Bonchev–Trinajstić information content (AvgIpc) is 3.44. The summed E-state index contributed by atoms with van der Waals surface area (Å²) in [5, 5.41) is 0. The topological polar surface area (TPSA) is 78.0 Å². The van der Waals surface area contributed by atoms with Gasteiger partial charge in [0.25, 0.3) is 0 Å². The number of nitrogens with zero attached hydrogens (tertiary/aromatic N) is 3. The van der Waals surface area contributed by atoms with Crippen LogP contribution in [0.1, 0.15) is 44.6 Å². The van der Waals surface area contributed by atoms with Crippen LogP contribution in [0.3, 0.4) is 0 Å². The first kappa shape index (κ1) is 19.1. The largest absolute Gasteiger partial charge is 0.336 e. The van der Waals surface area contributed by atoms with E-state index in [1.165, 1.54) is 6.92 Å². The Bertz CT molecular complexity index is 972. The van der Waals surface area contributed by atoms with E-state index in [4.69, 9.17) is 0 Å². The summed E-state index contributed by atoms with van der Waals surface area (Å²) in [5.41, 5.74) is 1.74. The molecule has 2 unspecified atom stereocenters. The van der Waals surface area contributed by atoms with Gasteiger partial charge in [-0.2, -0.15) is 4.31 Å². The van der Waals surface area contributed by atoms with Crippen molar-refractivity contribution in [2.75, 3.05) is 24.5 Å². The predicted molar refractivity (Wildman–Crippen MR) is 108 cm³/mol. The molecular formula is C21H27N3O4S. The Balaban J connectivity index is 1.38. The number of rotatable bonds is 3. The molecule has 2 amide bonds. The Morgan fingerprint density at radius 3 is 2.59 bits per heavy atom. The van der Waals surface area contributed by atoms with Crippen LogP contribution in [0.5, 0.6) is 0 Å². The summed E-state index contributed by atoms with van der Waals surface area (Å²) in [6.07, 6.45) is 4.92. The zero-order valence-electron chi connectivity index (χ0n) is 16.7. The van der Waals surface area contributed by atoms with E-state index in [1.807, 2.05) is 6.07 Å². The highest BCUT2D eigenvalue weighted by atomic mass is 32.2. The van der Waals surface area contributed by atoms with E-state index in [0.29, 0.717) is 38.5 Å². The molecule has 1 aliphatic carbocycles. The van der Waals surface area contributed by atoms with Crippen molar-refractivity contribution in [2.45, 2.75) is 62.4 Å². The molecule has 0 aromatic heterocycles. The highest BCUT2D eigenvalue weighted by Crippen LogP contribution is 2.40. The molecule has 0 bridgehead atoms. The maximum atomic E-state index is 13.4. The molecule has 3 fully saturated rings. The highest BCUT2D eigenvalue weighted by molar-refractivity contribution is 7.89. The summed E-state index contributed by atoms with van der Waals surface area (Å²) in [7, 11) is -3.63. The Kier molecular flexibility index (Phi) is 4.47. The molecule has 2 saturated heterocycles. The number of carbonyl (C=O) groups is 2. The number of piperidine rings is 2. The van der Waals surface area contributed by atoms with Crippen LogP contribution in [0, 0.1) is 5.92 Å². The number of benzene rings is 1. The van der Waals surface area contributed by atoms with Gasteiger partial charge in [-0.15, -0.1) is 0 Å². The van der Waals surface area contributed by atoms with Gasteiger partial charge in [-0.1, -0.05) is 6.07 Å². The van der Waals surface area contributed by atoms with Gasteiger partial charge in [0.15, 0.2) is 0 Å². The van der Waals surface area contributed by atoms with E-state index in [0.717, 1.165) is 36.9 Å². The fourth-order valence-electron chi connectivity index (χ4n) is 5.30. The lowest BCUT2D eigenvalue weighted by molar-refractivity contribution is -0.141. The molecule has 156 valence electrons. The molecule has 0 radical (unpaired) electrons. The smallest absolute Gasteiger partial charge is 0.243 e. The zero-order valence-corrected chi connectivity index (χ0v) is 17.5. The van der Waals surface area contributed by atoms with Gasteiger partial charge in [-0.3, -0.25) is 9.59 Å². The molecule has 8 heteroatoms. The van der Waals surface area contributed by atoms with Crippen LogP contribution in [-0.2, 0) is 26.0 Å². The Labute approximate surface area is 171 Å². The lowest BCUT2D eigenvalue weighted by atomic mass is 9.84. The second kappa shape index (κ2) is 6.80. The fraction of sp³-hybridized carbons (Fsp3) is 0.619. The predicted octanol–water partition coefficient (Wildman–Crippen LogP) is 1.76. The van der Waals surface area contributed by atoms with Gasteiger partial charge in [0.2, 0.25) is 21.8 Å². The van der Waals surface area contributed by atoms with Crippen LogP contribution < -0.4 is 4.90 Å². The van der Waals surface area contributed by atoms with E-state index in [2.05, 4.69) is 4.90 Å². The molecule has 3 heterocycles. The fourth-order valence-corrected chi connectivity index (χ4v) is 6.83. The standard InChI is InChI=1S/C21H27N3O4S/c1-14(25)23-11-8-15-2-6-18(12-20(15)23)29(27,28)22-10-9-19-16(13-22)3-7-21(26)24(19)17-4-5-17/h2,6,12,16-17,19H,3-5,7-11,13H2,1H3. The first-order chi connectivity index (χ1) is 13.9. The van der Waals surface area contributed by atoms with Gasteiger partial charge < -0.3 is 9.80 Å². The number of fused-ring (bicyclic) bond motifs is 2. The Hall–Kier alpha value is -1.93. The van der Waals surface area contributed by atoms with Crippen LogP contribution in [0.15, 0.2) is 23.1 Å². The van der Waals surface area contributed by atoms with Crippen molar-refractivity contribution in [2.24, 2.45) is 5.92 Å². The minimum Gasteiger partial charge on any atom is -0.336 e. The van der Waals surface area contributed by atoms with Gasteiger partial charge >= 0.3 is 0 Å². The third-order valence-electron chi connectivity index (χ3n) is 6.94. The number of carbonyl (C=O) groups excluding carboxylic acids is 2. The molecule has 0 spiro atoms. The summed E-state index contributed by atoms with van der Waals surface area (Å²) in [4.78, 5) is 28.2. The van der Waals surface area contributed by atoms with Crippen molar-refractivity contribution in [3.8, 4) is 0 Å². The number of anilines is 1. The number of likely N-dealkylation sites (tertiary alicyclic amines) is 1. The number of hydrogen-bond donors (Lipinski definition) is 0. The van der Waals surface area contributed by atoms with Crippen LogP contribution in [0.25, 0.3) is 0 Å². The number of hydrogen-bond acceptors (Lipinski definition) is 4. The van der Waals surface area contributed by atoms with Gasteiger partial charge in [0.05, 0.1) is 4.90 Å². The lowest BCUT2D eigenvalue weighted by Crippen LogP contribution is -2.57. The van der Waals surface area contributed by atoms with Gasteiger partial charge in [0, 0.05) is 50.7 Å². The third kappa shape index (κ3) is 3.17. The van der Waals surface area contributed by atoms with E-state index in [-0.39, 0.29) is 28.7 Å². The van der Waals surface area contributed by atoms with Crippen molar-refractivity contribution < 1.29 is 18.0 Å². The van der Waals surface area contributed by atoms with E-state index in [1.54, 1.807) is 21.3 Å². The van der Waals surface area contributed by atoms with Crippen LogP contribution in [-0.4, -0.2) is 61.2 Å². The van der Waals surface area contributed by atoms with Gasteiger partial charge in [-0.25, -0.2) is 8.42 Å². The minimum absolute atomic E-state index is 0.0637. The van der Waals surface area contributed by atoms with Crippen molar-refractivity contribution in [3.63, 3.8) is 0 Å². The molecule has 7 nitrogen and oxygen atoms in total. The molecule has 29 heavy (non-hydrogen) atoms. The Morgan fingerprint density at radius 2 is 1.86 bits per heavy atom. The van der Waals surface area contributed by atoms with Crippen LogP contribution in [0.2, 0.25) is 0 Å². The van der Waals surface area contributed by atoms with Crippen molar-refractivity contribution in [1.29, 1.82) is 0 Å². The van der Waals surface area contributed by atoms with Crippen molar-refractivity contribution in [3.05, 3.63) is 23.8 Å². The molecule has 3 aliphatic heterocycles. The SMILES string of the molecule is CC(=O)N1CCc2ccc(S(=O)(=O)N3CCC4C(CCC(=O)N4C4CC4)C3)cc21. The van der Waals surface area contributed by atoms with Crippen molar-refractivity contribution >= 4 is 27.5 Å². The summed E-state index contributed by atoms with van der Waals surface area (Å²) in [6, 6.07) is 5.74. The zero-order chi connectivity index (χ0) is 20.3. The third-order valence-corrected chi connectivity index (χ3v) is 8.80. The van der Waals surface area contributed by atoms with Crippen LogP contribution >= 0.6 is 0 Å². The molecule has 2 atom stereocenters. The number of sulfonamides is 1. The van der Waals surface area contributed by atoms with Crippen molar-refractivity contribution in [1.82, 2.24) is 9.21 Å². The first-order valence-electron chi connectivity index (χ1n) is 10.6. The molecule has 1 saturated carbocycles. The molecular weight excluding hydrogens is 390 g/mol. The second-order valence-electron chi connectivity index (χ2n) is 8.76. The molecule has 1 aromatic rings. The number of amides is 2. The maximum absolute atomic E-state index is 13.4. The lowest BCUT2D eigenvalue weighted by Gasteiger charge is -2.46. The molecule has 1 aromatic carbocycles.